The monoisotopic (exact) mass is 457 g/mol. The van der Waals surface area contributed by atoms with Gasteiger partial charge in [-0.25, -0.2) is 13.1 Å². The number of nitrogens with zero attached hydrogens (tertiary/aromatic N) is 4. The quantitative estimate of drug-likeness (QED) is 0.443. The van der Waals surface area contributed by atoms with E-state index in [0.29, 0.717) is 35.3 Å². The lowest BCUT2D eigenvalue weighted by molar-refractivity contribution is -0.137. The largest absolute Gasteiger partial charge is 0.493 e. The fourth-order valence-corrected chi connectivity index (χ4v) is 4.35. The van der Waals surface area contributed by atoms with Crippen molar-refractivity contribution in [2.75, 3.05) is 11.3 Å². The number of hydrogen-bond acceptors (Lipinski definition) is 7. The van der Waals surface area contributed by atoms with Crippen molar-refractivity contribution in [3.05, 3.63) is 48.0 Å². The van der Waals surface area contributed by atoms with Crippen LogP contribution >= 0.6 is 0 Å². The number of aryl methyl sites for hydroxylation is 1. The van der Waals surface area contributed by atoms with Crippen LogP contribution in [-0.4, -0.2) is 46.3 Å². The molecule has 0 unspecified atom stereocenters. The highest BCUT2D eigenvalue weighted by Crippen LogP contribution is 2.36. The first kappa shape index (κ1) is 21.8. The highest BCUT2D eigenvalue weighted by Gasteiger charge is 2.28. The van der Waals surface area contributed by atoms with E-state index in [4.69, 9.17) is 9.84 Å². The number of rotatable bonds is 10. The Morgan fingerprint density at radius 2 is 1.97 bits per heavy atom. The van der Waals surface area contributed by atoms with E-state index in [9.17, 15) is 13.2 Å². The summed E-state index contributed by atoms with van der Waals surface area (Å²) in [4.78, 5) is 10.7. The van der Waals surface area contributed by atoms with Gasteiger partial charge in [0.2, 0.25) is 0 Å². The molecular formula is C21H23N5O5S. The van der Waals surface area contributed by atoms with Crippen LogP contribution in [0.1, 0.15) is 37.3 Å². The lowest BCUT2D eigenvalue weighted by Crippen LogP contribution is -2.13. The van der Waals surface area contributed by atoms with E-state index in [-0.39, 0.29) is 17.9 Å². The van der Waals surface area contributed by atoms with E-state index in [0.717, 1.165) is 18.4 Å². The molecule has 11 heteroatoms. The number of nitrogens with one attached hydrogen (secondary N) is 1. The van der Waals surface area contributed by atoms with Crippen LogP contribution in [0, 0.1) is 6.92 Å². The van der Waals surface area contributed by atoms with Gasteiger partial charge in [-0.05, 0) is 84.6 Å². The Bertz CT molecular complexity index is 1220. The standard InChI is InChI=1S/C21H23N5O5S/c1-14-13-18(10-11-19(14)31-12-2-3-20(27)28)32(29,30)23-16-6-4-15(5-7-16)21-22-24-25-26(21)17-8-9-17/h4-7,10-11,13,17,23H,2-3,8-9,12H2,1H3,(H,27,28). The zero-order chi connectivity index (χ0) is 22.7. The minimum absolute atomic E-state index is 0.0176. The zero-order valence-corrected chi connectivity index (χ0v) is 18.2. The fraction of sp³-hybridized carbons (Fsp3) is 0.333. The first-order valence-corrected chi connectivity index (χ1v) is 11.7. The van der Waals surface area contributed by atoms with Crippen molar-refractivity contribution in [2.45, 2.75) is 43.5 Å². The van der Waals surface area contributed by atoms with Crippen LogP contribution in [0.2, 0.25) is 0 Å². The normalized spacial score (nSPS) is 13.7. The molecule has 2 N–H and O–H groups in total. The van der Waals surface area contributed by atoms with Crippen LogP contribution in [0.25, 0.3) is 11.4 Å². The smallest absolute Gasteiger partial charge is 0.303 e. The van der Waals surface area contributed by atoms with E-state index in [1.807, 2.05) is 0 Å². The molecule has 2 aromatic carbocycles. The minimum Gasteiger partial charge on any atom is -0.493 e. The van der Waals surface area contributed by atoms with E-state index in [1.54, 1.807) is 41.9 Å². The van der Waals surface area contributed by atoms with E-state index < -0.39 is 16.0 Å². The topological polar surface area (TPSA) is 136 Å². The highest BCUT2D eigenvalue weighted by molar-refractivity contribution is 7.92. The number of hydrogen-bond donors (Lipinski definition) is 2. The summed E-state index contributed by atoms with van der Waals surface area (Å²) in [6, 6.07) is 11.8. The van der Waals surface area contributed by atoms with Gasteiger partial charge in [0, 0.05) is 17.7 Å². The SMILES string of the molecule is Cc1cc(S(=O)(=O)Nc2ccc(-c3nnnn3C3CC3)cc2)ccc1OCCCC(=O)O. The van der Waals surface area contributed by atoms with Crippen LogP contribution in [0.15, 0.2) is 47.4 Å². The summed E-state index contributed by atoms with van der Waals surface area (Å²) >= 11 is 0. The Morgan fingerprint density at radius 1 is 1.22 bits per heavy atom. The predicted octanol–water partition coefficient (Wildman–Crippen LogP) is 3.03. The van der Waals surface area contributed by atoms with Crippen molar-refractivity contribution in [2.24, 2.45) is 0 Å². The second-order valence-electron chi connectivity index (χ2n) is 7.63. The van der Waals surface area contributed by atoms with Crippen LogP contribution in [0.3, 0.4) is 0 Å². The average molecular weight is 458 g/mol. The number of aliphatic carboxylic acids is 1. The van der Waals surface area contributed by atoms with Crippen molar-refractivity contribution in [3.63, 3.8) is 0 Å². The summed E-state index contributed by atoms with van der Waals surface area (Å²) in [5.41, 5.74) is 1.88. The molecule has 0 saturated heterocycles. The van der Waals surface area contributed by atoms with Crippen LogP contribution < -0.4 is 9.46 Å². The molecule has 10 nitrogen and oxygen atoms in total. The van der Waals surface area contributed by atoms with Gasteiger partial charge in [-0.1, -0.05) is 0 Å². The summed E-state index contributed by atoms with van der Waals surface area (Å²) in [6.45, 7) is 1.98. The molecule has 1 heterocycles. The number of sulfonamides is 1. The molecule has 3 aromatic rings. The first-order chi connectivity index (χ1) is 15.3. The molecule has 0 spiro atoms. The summed E-state index contributed by atoms with van der Waals surface area (Å²) in [6.07, 6.45) is 2.51. The number of benzene rings is 2. The molecule has 0 amide bonds. The van der Waals surface area contributed by atoms with Crippen molar-refractivity contribution in [1.82, 2.24) is 20.2 Å². The van der Waals surface area contributed by atoms with Gasteiger partial charge in [0.05, 0.1) is 17.5 Å². The summed E-state index contributed by atoms with van der Waals surface area (Å²) < 4.78 is 35.6. The molecule has 4 rings (SSSR count). The van der Waals surface area contributed by atoms with Crippen molar-refractivity contribution in [1.29, 1.82) is 0 Å². The highest BCUT2D eigenvalue weighted by atomic mass is 32.2. The van der Waals surface area contributed by atoms with E-state index in [2.05, 4.69) is 20.2 Å². The zero-order valence-electron chi connectivity index (χ0n) is 17.4. The number of carboxylic acids is 1. The minimum atomic E-state index is -3.80. The molecule has 0 atom stereocenters. The molecule has 0 radical (unpaired) electrons. The van der Waals surface area contributed by atoms with Gasteiger partial charge in [-0.15, -0.1) is 5.10 Å². The van der Waals surface area contributed by atoms with Crippen LogP contribution in [-0.2, 0) is 14.8 Å². The maximum Gasteiger partial charge on any atom is 0.303 e. The lowest BCUT2D eigenvalue weighted by Gasteiger charge is -2.12. The van der Waals surface area contributed by atoms with Gasteiger partial charge in [0.25, 0.3) is 10.0 Å². The van der Waals surface area contributed by atoms with Crippen molar-refractivity contribution >= 4 is 21.7 Å². The van der Waals surface area contributed by atoms with Gasteiger partial charge < -0.3 is 9.84 Å². The van der Waals surface area contributed by atoms with Gasteiger partial charge in [0.1, 0.15) is 5.75 Å². The first-order valence-electron chi connectivity index (χ1n) is 10.2. The Kier molecular flexibility index (Phi) is 6.08. The molecule has 1 saturated carbocycles. The second kappa shape index (κ2) is 8.95. The molecule has 32 heavy (non-hydrogen) atoms. The van der Waals surface area contributed by atoms with Crippen LogP contribution in [0.5, 0.6) is 5.75 Å². The summed E-state index contributed by atoms with van der Waals surface area (Å²) in [5.74, 6) is 0.302. The predicted molar refractivity (Wildman–Crippen MR) is 116 cm³/mol. The molecule has 0 bridgehead atoms. The molecule has 1 aromatic heterocycles. The van der Waals surface area contributed by atoms with Gasteiger partial charge >= 0.3 is 5.97 Å². The van der Waals surface area contributed by atoms with Crippen molar-refractivity contribution < 1.29 is 23.1 Å². The third kappa shape index (κ3) is 5.05. The number of tetrazole rings is 1. The number of carbonyl (C=O) groups is 1. The van der Waals surface area contributed by atoms with Gasteiger partial charge in [-0.2, -0.15) is 0 Å². The maximum absolute atomic E-state index is 12.8. The number of carboxylic acid groups (broad SMARTS) is 1. The Hall–Kier alpha value is -3.47. The molecule has 1 aliphatic rings. The van der Waals surface area contributed by atoms with E-state index >= 15 is 0 Å². The molecular weight excluding hydrogens is 434 g/mol. The van der Waals surface area contributed by atoms with E-state index in [1.165, 1.54) is 12.1 Å². The second-order valence-corrected chi connectivity index (χ2v) is 9.32. The van der Waals surface area contributed by atoms with Gasteiger partial charge in [0.15, 0.2) is 5.82 Å². The average Bonchev–Trinajstić information content (AvgIpc) is 3.48. The molecule has 1 fully saturated rings. The fourth-order valence-electron chi connectivity index (χ4n) is 3.21. The molecule has 1 aliphatic carbocycles. The number of anilines is 1. The molecule has 0 aliphatic heterocycles. The van der Waals surface area contributed by atoms with Crippen molar-refractivity contribution in [3.8, 4) is 17.1 Å². The number of aromatic nitrogens is 4. The van der Waals surface area contributed by atoms with Crippen LogP contribution in [0.4, 0.5) is 5.69 Å². The third-order valence-corrected chi connectivity index (χ3v) is 6.41. The number of ether oxygens (including phenoxy) is 1. The lowest BCUT2D eigenvalue weighted by atomic mass is 10.2. The summed E-state index contributed by atoms with van der Waals surface area (Å²) in [7, 11) is -3.80. The Labute approximate surface area is 185 Å². The third-order valence-electron chi connectivity index (χ3n) is 5.03. The Balaban J connectivity index is 1.43. The Morgan fingerprint density at radius 3 is 2.62 bits per heavy atom. The van der Waals surface area contributed by atoms with Gasteiger partial charge in [-0.3, -0.25) is 9.52 Å². The summed E-state index contributed by atoms with van der Waals surface area (Å²) in [5, 5.41) is 20.5. The maximum atomic E-state index is 12.8. The molecule has 168 valence electrons.